The Kier molecular flexibility index (Phi) is 4.23. The molecule has 98 valence electrons. The SMILES string of the molecule is CC(C)(c1ccccc1)c1noc(CSCC#N)n1. The summed E-state index contributed by atoms with van der Waals surface area (Å²) in [7, 11) is 0. The van der Waals surface area contributed by atoms with E-state index in [1.807, 2.05) is 18.2 Å². The Labute approximate surface area is 116 Å². The monoisotopic (exact) mass is 273 g/mol. The average molecular weight is 273 g/mol. The summed E-state index contributed by atoms with van der Waals surface area (Å²) < 4.78 is 5.23. The van der Waals surface area contributed by atoms with Gasteiger partial charge in [0.2, 0.25) is 5.89 Å². The lowest BCUT2D eigenvalue weighted by Crippen LogP contribution is -2.20. The first-order valence-electron chi connectivity index (χ1n) is 5.98. The normalized spacial score (nSPS) is 11.2. The molecule has 5 heteroatoms. The molecule has 1 aromatic heterocycles. The first-order valence-corrected chi connectivity index (χ1v) is 7.13. The van der Waals surface area contributed by atoms with E-state index in [0.29, 0.717) is 23.2 Å². The van der Waals surface area contributed by atoms with E-state index in [1.165, 1.54) is 11.8 Å². The third-order valence-corrected chi connectivity index (χ3v) is 3.70. The van der Waals surface area contributed by atoms with Crippen molar-refractivity contribution in [3.8, 4) is 6.07 Å². The fourth-order valence-corrected chi connectivity index (χ4v) is 2.22. The molecule has 0 N–H and O–H groups in total. The van der Waals surface area contributed by atoms with Crippen LogP contribution in [0.4, 0.5) is 0 Å². The largest absolute Gasteiger partial charge is 0.338 e. The molecule has 19 heavy (non-hydrogen) atoms. The lowest BCUT2D eigenvalue weighted by molar-refractivity contribution is 0.376. The maximum Gasteiger partial charge on any atom is 0.236 e. The van der Waals surface area contributed by atoms with Gasteiger partial charge in [-0.2, -0.15) is 10.2 Å². The fraction of sp³-hybridized carbons (Fsp3) is 0.357. The van der Waals surface area contributed by atoms with Crippen LogP contribution in [-0.2, 0) is 11.2 Å². The van der Waals surface area contributed by atoms with E-state index in [4.69, 9.17) is 9.78 Å². The maximum atomic E-state index is 8.49. The maximum absolute atomic E-state index is 8.49. The van der Waals surface area contributed by atoms with Crippen LogP contribution >= 0.6 is 11.8 Å². The van der Waals surface area contributed by atoms with Crippen LogP contribution in [0.25, 0.3) is 0 Å². The minimum absolute atomic E-state index is 0.289. The smallest absolute Gasteiger partial charge is 0.236 e. The molecule has 2 aromatic rings. The molecule has 0 aliphatic rings. The summed E-state index contributed by atoms with van der Waals surface area (Å²) in [6.07, 6.45) is 0. The summed E-state index contributed by atoms with van der Waals surface area (Å²) >= 11 is 1.47. The molecule has 0 atom stereocenters. The van der Waals surface area contributed by atoms with E-state index in [0.717, 1.165) is 5.56 Å². The molecule has 0 aliphatic heterocycles. The molecule has 1 aromatic carbocycles. The zero-order chi connectivity index (χ0) is 13.7. The van der Waals surface area contributed by atoms with E-state index in [1.54, 1.807) is 0 Å². The molecular formula is C14H15N3OS. The van der Waals surface area contributed by atoms with Crippen molar-refractivity contribution < 1.29 is 4.52 Å². The zero-order valence-corrected chi connectivity index (χ0v) is 11.8. The minimum atomic E-state index is -0.289. The Bertz CT molecular complexity index is 572. The lowest BCUT2D eigenvalue weighted by atomic mass is 9.84. The number of nitrogens with zero attached hydrogens (tertiary/aromatic N) is 3. The van der Waals surface area contributed by atoms with E-state index >= 15 is 0 Å². The Morgan fingerprint density at radius 3 is 2.74 bits per heavy atom. The Morgan fingerprint density at radius 2 is 2.05 bits per heavy atom. The van der Waals surface area contributed by atoms with Crippen molar-refractivity contribution in [3.05, 3.63) is 47.6 Å². The summed E-state index contributed by atoms with van der Waals surface area (Å²) in [5.41, 5.74) is 0.857. The van der Waals surface area contributed by atoms with Crippen molar-refractivity contribution in [1.29, 1.82) is 5.26 Å². The van der Waals surface area contributed by atoms with Gasteiger partial charge in [0.15, 0.2) is 5.82 Å². The molecule has 0 bridgehead atoms. The summed E-state index contributed by atoms with van der Waals surface area (Å²) in [6.45, 7) is 4.14. The number of rotatable bonds is 5. The summed E-state index contributed by atoms with van der Waals surface area (Å²) in [5.74, 6) is 2.25. The number of hydrogen-bond acceptors (Lipinski definition) is 5. The molecule has 0 unspecified atom stereocenters. The van der Waals surface area contributed by atoms with Gasteiger partial charge < -0.3 is 4.52 Å². The van der Waals surface area contributed by atoms with Gasteiger partial charge in [-0.3, -0.25) is 0 Å². The fourth-order valence-electron chi connectivity index (χ4n) is 1.74. The van der Waals surface area contributed by atoms with E-state index in [9.17, 15) is 0 Å². The first-order chi connectivity index (χ1) is 9.14. The van der Waals surface area contributed by atoms with E-state index in [2.05, 4.69) is 42.2 Å². The van der Waals surface area contributed by atoms with E-state index < -0.39 is 0 Å². The van der Waals surface area contributed by atoms with Crippen LogP contribution < -0.4 is 0 Å². The van der Waals surface area contributed by atoms with Crippen LogP contribution in [0.3, 0.4) is 0 Å². The number of aromatic nitrogens is 2. The molecule has 0 saturated carbocycles. The second-order valence-electron chi connectivity index (χ2n) is 4.65. The van der Waals surface area contributed by atoms with Crippen LogP contribution in [0, 0.1) is 11.3 Å². The highest BCUT2D eigenvalue weighted by Crippen LogP contribution is 2.29. The molecule has 4 nitrogen and oxygen atoms in total. The Morgan fingerprint density at radius 1 is 1.32 bits per heavy atom. The van der Waals surface area contributed by atoms with Gasteiger partial charge in [0.05, 0.1) is 23.0 Å². The molecule has 0 spiro atoms. The average Bonchev–Trinajstić information content (AvgIpc) is 2.90. The first kappa shape index (κ1) is 13.6. The highest BCUT2D eigenvalue weighted by atomic mass is 32.2. The Hall–Kier alpha value is -1.80. The van der Waals surface area contributed by atoms with Crippen LogP contribution in [-0.4, -0.2) is 15.9 Å². The van der Waals surface area contributed by atoms with Gasteiger partial charge in [0.1, 0.15) is 0 Å². The van der Waals surface area contributed by atoms with Crippen molar-refractivity contribution in [2.24, 2.45) is 0 Å². The highest BCUT2D eigenvalue weighted by Gasteiger charge is 2.28. The predicted octanol–water partition coefficient (Wildman–Crippen LogP) is 3.15. The van der Waals surface area contributed by atoms with Crippen molar-refractivity contribution in [2.45, 2.75) is 25.0 Å². The third kappa shape index (κ3) is 3.15. The molecule has 0 aliphatic carbocycles. The number of benzene rings is 1. The van der Waals surface area contributed by atoms with Crippen molar-refractivity contribution >= 4 is 11.8 Å². The molecule has 0 fully saturated rings. The van der Waals surface area contributed by atoms with Crippen LogP contribution in [0.15, 0.2) is 34.9 Å². The molecule has 0 amide bonds. The number of nitriles is 1. The third-order valence-electron chi connectivity index (χ3n) is 2.91. The van der Waals surface area contributed by atoms with Gasteiger partial charge in [-0.25, -0.2) is 0 Å². The molecular weight excluding hydrogens is 258 g/mol. The van der Waals surface area contributed by atoms with Gasteiger partial charge in [-0.15, -0.1) is 11.8 Å². The van der Waals surface area contributed by atoms with Gasteiger partial charge in [0, 0.05) is 0 Å². The second-order valence-corrected chi connectivity index (χ2v) is 5.64. The van der Waals surface area contributed by atoms with Crippen molar-refractivity contribution in [1.82, 2.24) is 10.1 Å². The topological polar surface area (TPSA) is 62.7 Å². The Balaban J connectivity index is 2.16. The lowest BCUT2D eigenvalue weighted by Gasteiger charge is -2.20. The number of thioether (sulfide) groups is 1. The summed E-state index contributed by atoms with van der Waals surface area (Å²) in [4.78, 5) is 4.42. The van der Waals surface area contributed by atoms with Crippen LogP contribution in [0.2, 0.25) is 0 Å². The molecule has 1 heterocycles. The van der Waals surface area contributed by atoms with Gasteiger partial charge >= 0.3 is 0 Å². The summed E-state index contributed by atoms with van der Waals surface area (Å²) in [5, 5.41) is 12.6. The minimum Gasteiger partial charge on any atom is -0.338 e. The standard InChI is InChI=1S/C14H15N3OS/c1-14(2,11-6-4-3-5-7-11)13-16-12(18-17-13)10-19-9-8-15/h3-7H,9-10H2,1-2H3. The summed E-state index contributed by atoms with van der Waals surface area (Å²) in [6, 6.07) is 12.2. The zero-order valence-electron chi connectivity index (χ0n) is 11.0. The van der Waals surface area contributed by atoms with Crippen molar-refractivity contribution in [3.63, 3.8) is 0 Å². The van der Waals surface area contributed by atoms with Gasteiger partial charge in [0.25, 0.3) is 0 Å². The number of hydrogen-bond donors (Lipinski definition) is 0. The molecule has 0 saturated heterocycles. The van der Waals surface area contributed by atoms with Crippen molar-refractivity contribution in [2.75, 3.05) is 5.75 Å². The van der Waals surface area contributed by atoms with Crippen LogP contribution in [0.1, 0.15) is 31.1 Å². The quantitative estimate of drug-likeness (QED) is 0.783. The van der Waals surface area contributed by atoms with Gasteiger partial charge in [-0.1, -0.05) is 35.5 Å². The van der Waals surface area contributed by atoms with Crippen LogP contribution in [0.5, 0.6) is 0 Å². The molecule has 0 radical (unpaired) electrons. The van der Waals surface area contributed by atoms with E-state index in [-0.39, 0.29) is 5.41 Å². The second kappa shape index (κ2) is 5.89. The highest BCUT2D eigenvalue weighted by molar-refractivity contribution is 7.98. The van der Waals surface area contributed by atoms with Gasteiger partial charge in [-0.05, 0) is 19.4 Å². The predicted molar refractivity (Wildman–Crippen MR) is 74.6 cm³/mol. The molecule has 2 rings (SSSR count).